The van der Waals surface area contributed by atoms with Crippen LogP contribution < -0.4 is 5.73 Å². The number of imide groups is 1. The molecule has 2 N–H and O–H groups in total. The van der Waals surface area contributed by atoms with Crippen molar-refractivity contribution in [3.63, 3.8) is 0 Å². The third-order valence-electron chi connectivity index (χ3n) is 4.24. The molecule has 2 aliphatic rings. The third-order valence-corrected chi connectivity index (χ3v) is 4.74. The van der Waals surface area contributed by atoms with Crippen molar-refractivity contribution < 1.29 is 9.59 Å². The second-order valence-corrected chi connectivity index (χ2v) is 6.46. The fourth-order valence-electron chi connectivity index (χ4n) is 3.17. The second kappa shape index (κ2) is 5.30. The average Bonchev–Trinajstić information content (AvgIpc) is 2.57. The van der Waals surface area contributed by atoms with Crippen LogP contribution >= 0.6 is 15.9 Å². The lowest BCUT2D eigenvalue weighted by molar-refractivity contribution is 0.0552. The average molecular weight is 337 g/mol. The van der Waals surface area contributed by atoms with E-state index in [1.807, 2.05) is 0 Å². The number of hydrogen-bond acceptors (Lipinski definition) is 3. The molecule has 1 aromatic rings. The van der Waals surface area contributed by atoms with Crippen molar-refractivity contribution in [3.05, 3.63) is 33.8 Å². The monoisotopic (exact) mass is 336 g/mol. The maximum absolute atomic E-state index is 12.5. The maximum Gasteiger partial charge on any atom is 0.261 e. The number of hydrogen-bond donors (Lipinski definition) is 1. The maximum atomic E-state index is 12.5. The predicted octanol–water partition coefficient (Wildman–Crippen LogP) is 2.71. The molecule has 5 heteroatoms. The van der Waals surface area contributed by atoms with E-state index in [0.717, 1.165) is 36.6 Å². The van der Waals surface area contributed by atoms with Gasteiger partial charge in [0.15, 0.2) is 0 Å². The van der Waals surface area contributed by atoms with E-state index in [4.69, 9.17) is 5.73 Å². The van der Waals surface area contributed by atoms with Gasteiger partial charge >= 0.3 is 0 Å². The van der Waals surface area contributed by atoms with Gasteiger partial charge in [0.25, 0.3) is 11.8 Å². The summed E-state index contributed by atoms with van der Waals surface area (Å²) in [6.07, 6.45) is 4.91. The van der Waals surface area contributed by atoms with Crippen molar-refractivity contribution in [1.29, 1.82) is 0 Å². The van der Waals surface area contributed by atoms with Gasteiger partial charge < -0.3 is 5.73 Å². The molecule has 2 unspecified atom stereocenters. The minimum absolute atomic E-state index is 0.108. The number of nitrogens with two attached hydrogens (primary N) is 1. The third kappa shape index (κ3) is 2.19. The van der Waals surface area contributed by atoms with Crippen LogP contribution in [0.4, 0.5) is 0 Å². The van der Waals surface area contributed by atoms with Crippen LogP contribution in [-0.2, 0) is 0 Å². The first kappa shape index (κ1) is 13.8. The minimum atomic E-state index is -0.200. The first-order valence-corrected chi connectivity index (χ1v) is 7.82. The Balaban J connectivity index is 1.96. The van der Waals surface area contributed by atoms with Crippen LogP contribution in [0.1, 0.15) is 52.8 Å². The zero-order valence-electron chi connectivity index (χ0n) is 11.1. The molecule has 1 heterocycles. The topological polar surface area (TPSA) is 63.4 Å². The number of rotatable bonds is 1. The van der Waals surface area contributed by atoms with Crippen molar-refractivity contribution in [2.45, 2.75) is 44.2 Å². The molecule has 2 atom stereocenters. The summed E-state index contributed by atoms with van der Waals surface area (Å²) < 4.78 is 0.810. The molecule has 1 fully saturated rings. The molecule has 106 valence electrons. The summed E-state index contributed by atoms with van der Waals surface area (Å²) >= 11 is 3.35. The van der Waals surface area contributed by atoms with Gasteiger partial charge in [-0.25, -0.2) is 0 Å². The summed E-state index contributed by atoms with van der Waals surface area (Å²) in [5.41, 5.74) is 7.17. The number of carbonyl (C=O) groups is 2. The molecule has 2 amide bonds. The molecule has 1 aromatic carbocycles. The molecule has 0 radical (unpaired) electrons. The highest BCUT2D eigenvalue weighted by molar-refractivity contribution is 9.10. The Labute approximate surface area is 126 Å². The van der Waals surface area contributed by atoms with Crippen molar-refractivity contribution in [3.8, 4) is 0 Å². The van der Waals surface area contributed by atoms with Gasteiger partial charge in [0.1, 0.15) is 0 Å². The van der Waals surface area contributed by atoms with Crippen molar-refractivity contribution in [2.24, 2.45) is 5.73 Å². The van der Waals surface area contributed by atoms with E-state index < -0.39 is 0 Å². The van der Waals surface area contributed by atoms with Gasteiger partial charge in [0.2, 0.25) is 0 Å². The van der Waals surface area contributed by atoms with Crippen LogP contribution in [0.25, 0.3) is 0 Å². The van der Waals surface area contributed by atoms with E-state index in [-0.39, 0.29) is 23.9 Å². The molecule has 20 heavy (non-hydrogen) atoms. The number of fused-ring (bicyclic) bond motifs is 1. The smallest absolute Gasteiger partial charge is 0.261 e. The molecule has 1 aliphatic carbocycles. The van der Waals surface area contributed by atoms with Crippen LogP contribution in [0, 0.1) is 0 Å². The number of nitrogens with zero attached hydrogens (tertiary/aromatic N) is 1. The highest BCUT2D eigenvalue weighted by Gasteiger charge is 2.42. The van der Waals surface area contributed by atoms with Crippen LogP contribution in [0.15, 0.2) is 22.7 Å². The lowest BCUT2D eigenvalue weighted by Crippen LogP contribution is -2.49. The van der Waals surface area contributed by atoms with E-state index >= 15 is 0 Å². The normalized spacial score (nSPS) is 26.6. The van der Waals surface area contributed by atoms with E-state index in [1.54, 1.807) is 18.2 Å². The summed E-state index contributed by atoms with van der Waals surface area (Å²) in [7, 11) is 0. The number of benzene rings is 1. The van der Waals surface area contributed by atoms with Gasteiger partial charge in [0, 0.05) is 10.5 Å². The number of halogens is 1. The molecular formula is C15H17BrN2O2. The van der Waals surface area contributed by atoms with Crippen molar-refractivity contribution in [1.82, 2.24) is 4.90 Å². The Hall–Kier alpha value is -1.20. The molecule has 0 aromatic heterocycles. The second-order valence-electron chi connectivity index (χ2n) is 5.54. The first-order chi connectivity index (χ1) is 9.59. The Kier molecular flexibility index (Phi) is 3.65. The van der Waals surface area contributed by atoms with Gasteiger partial charge in [-0.3, -0.25) is 14.5 Å². The summed E-state index contributed by atoms with van der Waals surface area (Å²) in [5, 5.41) is 0. The molecule has 1 aliphatic heterocycles. The standard InChI is InChI=1S/C15H17BrN2O2/c16-9-6-7-10-11(8-9)15(20)18(14(10)19)13-5-3-1-2-4-12(13)17/h6-8,12-13H,1-5,17H2. The molecule has 3 rings (SSSR count). The molecule has 0 bridgehead atoms. The highest BCUT2D eigenvalue weighted by Crippen LogP contribution is 2.31. The summed E-state index contributed by atoms with van der Waals surface area (Å²) in [4.78, 5) is 26.5. The van der Waals surface area contributed by atoms with Crippen molar-refractivity contribution in [2.75, 3.05) is 0 Å². The van der Waals surface area contributed by atoms with Gasteiger partial charge in [-0.1, -0.05) is 35.2 Å². The van der Waals surface area contributed by atoms with E-state index in [0.29, 0.717) is 11.1 Å². The summed E-state index contributed by atoms with van der Waals surface area (Å²) in [5.74, 6) is -0.395. The lowest BCUT2D eigenvalue weighted by Gasteiger charge is -2.29. The summed E-state index contributed by atoms with van der Waals surface area (Å²) in [6, 6.07) is 4.95. The predicted molar refractivity (Wildman–Crippen MR) is 79.5 cm³/mol. The Morgan fingerprint density at radius 1 is 1.05 bits per heavy atom. The largest absolute Gasteiger partial charge is 0.326 e. The van der Waals surface area contributed by atoms with Crippen LogP contribution in [0.3, 0.4) is 0 Å². The van der Waals surface area contributed by atoms with Gasteiger partial charge in [0.05, 0.1) is 17.2 Å². The molecule has 0 spiro atoms. The van der Waals surface area contributed by atoms with E-state index in [2.05, 4.69) is 15.9 Å². The lowest BCUT2D eigenvalue weighted by atomic mass is 10.0. The Morgan fingerprint density at radius 2 is 1.75 bits per heavy atom. The van der Waals surface area contributed by atoms with Gasteiger partial charge in [-0.05, 0) is 31.0 Å². The minimum Gasteiger partial charge on any atom is -0.326 e. The number of carbonyl (C=O) groups excluding carboxylic acids is 2. The van der Waals surface area contributed by atoms with Crippen molar-refractivity contribution >= 4 is 27.7 Å². The quantitative estimate of drug-likeness (QED) is 0.633. The highest BCUT2D eigenvalue weighted by atomic mass is 79.9. The van der Waals surface area contributed by atoms with Crippen LogP contribution in [0.5, 0.6) is 0 Å². The molecule has 4 nitrogen and oxygen atoms in total. The molecular weight excluding hydrogens is 320 g/mol. The Morgan fingerprint density at radius 3 is 2.55 bits per heavy atom. The molecule has 0 saturated heterocycles. The van der Waals surface area contributed by atoms with Crippen LogP contribution in [-0.4, -0.2) is 28.8 Å². The SMILES string of the molecule is NC1CCCCCC1N1C(=O)c2ccc(Br)cc2C1=O. The first-order valence-electron chi connectivity index (χ1n) is 7.02. The Bertz CT molecular complexity index is 573. The fraction of sp³-hybridized carbons (Fsp3) is 0.467. The van der Waals surface area contributed by atoms with Gasteiger partial charge in [-0.15, -0.1) is 0 Å². The van der Waals surface area contributed by atoms with E-state index in [1.165, 1.54) is 4.90 Å². The molecule has 1 saturated carbocycles. The van der Waals surface area contributed by atoms with Gasteiger partial charge in [-0.2, -0.15) is 0 Å². The fourth-order valence-corrected chi connectivity index (χ4v) is 3.53. The zero-order chi connectivity index (χ0) is 14.3. The zero-order valence-corrected chi connectivity index (χ0v) is 12.7. The van der Waals surface area contributed by atoms with Crippen LogP contribution in [0.2, 0.25) is 0 Å². The number of amides is 2. The van der Waals surface area contributed by atoms with E-state index in [9.17, 15) is 9.59 Å². The summed E-state index contributed by atoms with van der Waals surface area (Å²) in [6.45, 7) is 0.